The quantitative estimate of drug-likeness (QED) is 0.333. The van der Waals surface area contributed by atoms with E-state index in [0.29, 0.717) is 51.5 Å². The lowest BCUT2D eigenvalue weighted by molar-refractivity contribution is -0.113. The number of para-hydroxylation sites is 3. The number of ether oxygens (including phenoxy) is 4. The van der Waals surface area contributed by atoms with E-state index in [0.717, 1.165) is 11.3 Å². The summed E-state index contributed by atoms with van der Waals surface area (Å²) in [6.07, 6.45) is 0. The fourth-order valence-electron chi connectivity index (χ4n) is 4.66. The summed E-state index contributed by atoms with van der Waals surface area (Å²) in [5, 5.41) is 11.1. The number of amides is 1. The van der Waals surface area contributed by atoms with Gasteiger partial charge >= 0.3 is 0 Å². The predicted octanol–water partition coefficient (Wildman–Crippen LogP) is 4.91. The molecule has 0 fully saturated rings. The minimum absolute atomic E-state index is 0.327. The number of nitrogens with zero attached hydrogens (tertiary/aromatic N) is 3. The van der Waals surface area contributed by atoms with Gasteiger partial charge in [-0.1, -0.05) is 24.3 Å². The van der Waals surface area contributed by atoms with Crippen LogP contribution in [0.15, 0.2) is 78.0 Å². The molecular formula is C29H29N5O5. The molecule has 4 aromatic rings. The lowest BCUT2D eigenvalue weighted by atomic mass is 9.94. The maximum Gasteiger partial charge on any atom is 0.255 e. The molecular weight excluding hydrogens is 498 g/mol. The Morgan fingerprint density at radius 1 is 0.872 bits per heavy atom. The Morgan fingerprint density at radius 3 is 2.28 bits per heavy atom. The summed E-state index contributed by atoms with van der Waals surface area (Å²) >= 11 is 0. The third-order valence-electron chi connectivity index (χ3n) is 6.53. The number of hydrogen-bond donors (Lipinski definition) is 2. The highest BCUT2D eigenvalue weighted by Gasteiger charge is 2.37. The van der Waals surface area contributed by atoms with Crippen molar-refractivity contribution in [2.24, 2.45) is 0 Å². The minimum Gasteiger partial charge on any atom is -0.497 e. The second kappa shape index (κ2) is 10.8. The fraction of sp³-hybridized carbons (Fsp3) is 0.207. The standard InChI is InChI=1S/C29H29N5O5/c1-17-24(28(35)31-21-10-6-7-11-22(21)37-3)25(20-9-8-12-23(38-4)26(20)39-5)34-29(30-17)32-27(33-34)18-13-15-19(36-2)16-14-18/h6-16,25H,1-5H3,(H,31,35)(H,30,32,33). The Labute approximate surface area is 226 Å². The average molecular weight is 528 g/mol. The van der Waals surface area contributed by atoms with Crippen molar-refractivity contribution < 1.29 is 23.7 Å². The first-order valence-corrected chi connectivity index (χ1v) is 12.2. The number of benzene rings is 3. The van der Waals surface area contributed by atoms with E-state index in [2.05, 4.69) is 10.6 Å². The SMILES string of the molecule is COc1ccc(-c2nc3n(n2)C(c2cccc(OC)c2OC)C(C(=O)Nc2ccccc2OC)=C(C)N3)cc1. The Bertz CT molecular complexity index is 1540. The lowest BCUT2D eigenvalue weighted by Gasteiger charge is -2.30. The van der Waals surface area contributed by atoms with Gasteiger partial charge in [-0.25, -0.2) is 4.68 Å². The molecule has 2 heterocycles. The molecule has 0 radical (unpaired) electrons. The van der Waals surface area contributed by atoms with Crippen LogP contribution in [0.3, 0.4) is 0 Å². The van der Waals surface area contributed by atoms with Gasteiger partial charge in [-0.3, -0.25) is 4.79 Å². The van der Waals surface area contributed by atoms with Gasteiger partial charge < -0.3 is 29.6 Å². The molecule has 0 saturated carbocycles. The smallest absolute Gasteiger partial charge is 0.255 e. The van der Waals surface area contributed by atoms with Gasteiger partial charge in [-0.05, 0) is 49.4 Å². The first kappa shape index (κ1) is 25.7. The Morgan fingerprint density at radius 2 is 1.59 bits per heavy atom. The molecule has 3 aromatic carbocycles. The zero-order valence-corrected chi connectivity index (χ0v) is 22.3. The van der Waals surface area contributed by atoms with Crippen molar-refractivity contribution in [1.29, 1.82) is 0 Å². The second-order valence-electron chi connectivity index (χ2n) is 8.74. The number of carbonyl (C=O) groups is 1. The van der Waals surface area contributed by atoms with Crippen LogP contribution in [0.25, 0.3) is 11.4 Å². The second-order valence-corrected chi connectivity index (χ2v) is 8.74. The third-order valence-corrected chi connectivity index (χ3v) is 6.53. The highest BCUT2D eigenvalue weighted by atomic mass is 16.5. The van der Waals surface area contributed by atoms with Crippen molar-refractivity contribution in [2.45, 2.75) is 13.0 Å². The molecule has 1 aliphatic heterocycles. The zero-order chi connectivity index (χ0) is 27.5. The lowest BCUT2D eigenvalue weighted by Crippen LogP contribution is -2.32. The first-order valence-electron chi connectivity index (χ1n) is 12.2. The summed E-state index contributed by atoms with van der Waals surface area (Å²) in [7, 11) is 6.32. The number of carbonyl (C=O) groups excluding carboxylic acids is 1. The van der Waals surface area contributed by atoms with Crippen molar-refractivity contribution in [3.05, 3.63) is 83.6 Å². The number of rotatable bonds is 8. The predicted molar refractivity (Wildman–Crippen MR) is 148 cm³/mol. The summed E-state index contributed by atoms with van der Waals surface area (Å²) in [5.74, 6) is 2.96. The molecule has 1 amide bonds. The molecule has 1 unspecified atom stereocenters. The van der Waals surface area contributed by atoms with E-state index in [1.54, 1.807) is 51.3 Å². The van der Waals surface area contributed by atoms with E-state index in [1.807, 2.05) is 55.5 Å². The molecule has 1 aliphatic rings. The average Bonchev–Trinajstić information content (AvgIpc) is 3.39. The number of hydrogen-bond acceptors (Lipinski definition) is 8. The number of aromatic nitrogens is 3. The maximum absolute atomic E-state index is 13.9. The van der Waals surface area contributed by atoms with E-state index in [4.69, 9.17) is 29.0 Å². The number of anilines is 2. The van der Waals surface area contributed by atoms with Crippen molar-refractivity contribution in [3.63, 3.8) is 0 Å². The van der Waals surface area contributed by atoms with Gasteiger partial charge in [-0.15, -0.1) is 5.10 Å². The molecule has 1 atom stereocenters. The number of allylic oxidation sites excluding steroid dienone is 1. The monoisotopic (exact) mass is 527 g/mol. The van der Waals surface area contributed by atoms with E-state index in [-0.39, 0.29) is 5.91 Å². The molecule has 10 heteroatoms. The molecule has 0 bridgehead atoms. The van der Waals surface area contributed by atoms with Crippen molar-refractivity contribution in [2.75, 3.05) is 39.1 Å². The van der Waals surface area contributed by atoms with E-state index < -0.39 is 6.04 Å². The van der Waals surface area contributed by atoms with Crippen LogP contribution in [0.1, 0.15) is 18.5 Å². The molecule has 1 aromatic heterocycles. The van der Waals surface area contributed by atoms with Crippen molar-refractivity contribution >= 4 is 17.5 Å². The molecule has 200 valence electrons. The van der Waals surface area contributed by atoms with Gasteiger partial charge in [0.1, 0.15) is 17.5 Å². The third kappa shape index (κ3) is 4.72. The number of methoxy groups -OCH3 is 4. The molecule has 39 heavy (non-hydrogen) atoms. The van der Waals surface area contributed by atoms with Crippen molar-refractivity contribution in [1.82, 2.24) is 14.8 Å². The van der Waals surface area contributed by atoms with Gasteiger partial charge in [0.05, 0.1) is 39.7 Å². The summed E-state index contributed by atoms with van der Waals surface area (Å²) in [5.41, 5.74) is 3.10. The molecule has 0 spiro atoms. The molecule has 2 N–H and O–H groups in total. The normalized spacial score (nSPS) is 14.2. The van der Waals surface area contributed by atoms with Crippen LogP contribution in [-0.4, -0.2) is 49.1 Å². The van der Waals surface area contributed by atoms with Crippen LogP contribution in [0, 0.1) is 0 Å². The van der Waals surface area contributed by atoms with Crippen LogP contribution in [0.4, 0.5) is 11.6 Å². The summed E-state index contributed by atoms with van der Waals surface area (Å²) in [6, 6.07) is 19.6. The van der Waals surface area contributed by atoms with Crippen LogP contribution in [0.2, 0.25) is 0 Å². The van der Waals surface area contributed by atoms with Crippen LogP contribution < -0.4 is 29.6 Å². The fourth-order valence-corrected chi connectivity index (χ4v) is 4.66. The van der Waals surface area contributed by atoms with E-state index >= 15 is 0 Å². The Kier molecular flexibility index (Phi) is 7.09. The molecule has 0 saturated heterocycles. The summed E-state index contributed by atoms with van der Waals surface area (Å²) in [4.78, 5) is 18.7. The zero-order valence-electron chi connectivity index (χ0n) is 22.3. The largest absolute Gasteiger partial charge is 0.497 e. The molecule has 10 nitrogen and oxygen atoms in total. The van der Waals surface area contributed by atoms with Crippen LogP contribution in [0.5, 0.6) is 23.0 Å². The topological polar surface area (TPSA) is 109 Å². The van der Waals surface area contributed by atoms with E-state index in [1.165, 1.54) is 0 Å². The van der Waals surface area contributed by atoms with Gasteiger partial charge in [-0.2, -0.15) is 4.98 Å². The van der Waals surface area contributed by atoms with Gasteiger partial charge in [0.15, 0.2) is 17.3 Å². The molecule has 0 aliphatic carbocycles. The maximum atomic E-state index is 13.9. The first-order chi connectivity index (χ1) is 19.0. The van der Waals surface area contributed by atoms with Gasteiger partial charge in [0, 0.05) is 16.8 Å². The van der Waals surface area contributed by atoms with Gasteiger partial charge in [0.25, 0.3) is 5.91 Å². The van der Waals surface area contributed by atoms with Gasteiger partial charge in [0.2, 0.25) is 5.95 Å². The minimum atomic E-state index is -0.680. The highest BCUT2D eigenvalue weighted by Crippen LogP contribution is 2.43. The number of nitrogens with one attached hydrogen (secondary N) is 2. The Hall–Kier alpha value is -4.99. The summed E-state index contributed by atoms with van der Waals surface area (Å²) < 4.78 is 23.8. The van der Waals surface area contributed by atoms with Crippen LogP contribution in [-0.2, 0) is 4.79 Å². The number of fused-ring (bicyclic) bond motifs is 1. The Balaban J connectivity index is 1.65. The summed E-state index contributed by atoms with van der Waals surface area (Å²) in [6.45, 7) is 1.84. The highest BCUT2D eigenvalue weighted by molar-refractivity contribution is 6.06. The van der Waals surface area contributed by atoms with Crippen LogP contribution >= 0.6 is 0 Å². The van der Waals surface area contributed by atoms with E-state index in [9.17, 15) is 4.79 Å². The molecule has 5 rings (SSSR count). The van der Waals surface area contributed by atoms with Crippen molar-refractivity contribution in [3.8, 4) is 34.4 Å².